The first-order valence-corrected chi connectivity index (χ1v) is 5.57. The van der Waals surface area contributed by atoms with Crippen LogP contribution in [0.5, 0.6) is 5.75 Å². The van der Waals surface area contributed by atoms with Crippen molar-refractivity contribution in [2.75, 3.05) is 0 Å². The van der Waals surface area contributed by atoms with Gasteiger partial charge in [0.15, 0.2) is 12.1 Å². The van der Waals surface area contributed by atoms with Gasteiger partial charge in [-0.2, -0.15) is 0 Å². The fraction of sp³-hybridized carbons (Fsp3) is 0.500. The zero-order valence-electron chi connectivity index (χ0n) is 8.99. The number of hydrogen-bond donors (Lipinski definition) is 0. The molecule has 1 saturated carbocycles. The van der Waals surface area contributed by atoms with E-state index in [4.69, 9.17) is 4.74 Å². The SMILES string of the molecule is O=Cc1ncc(OC2CCCCC2)cc1F. The van der Waals surface area contributed by atoms with Gasteiger partial charge in [0.1, 0.15) is 11.4 Å². The van der Waals surface area contributed by atoms with Gasteiger partial charge in [0, 0.05) is 6.07 Å². The number of carbonyl (C=O) groups excluding carboxylic acids is 1. The minimum Gasteiger partial charge on any atom is -0.489 e. The Bertz CT molecular complexity index is 375. The van der Waals surface area contributed by atoms with E-state index in [1.807, 2.05) is 0 Å². The van der Waals surface area contributed by atoms with Crippen LogP contribution in [0.1, 0.15) is 42.6 Å². The number of halogens is 1. The summed E-state index contributed by atoms with van der Waals surface area (Å²) >= 11 is 0. The Morgan fingerprint density at radius 1 is 1.38 bits per heavy atom. The molecule has 0 N–H and O–H groups in total. The number of pyridine rings is 1. The summed E-state index contributed by atoms with van der Waals surface area (Å²) in [5.74, 6) is -0.210. The highest BCUT2D eigenvalue weighted by atomic mass is 19.1. The van der Waals surface area contributed by atoms with Gasteiger partial charge in [-0.25, -0.2) is 9.37 Å². The van der Waals surface area contributed by atoms with Gasteiger partial charge in [-0.15, -0.1) is 0 Å². The molecule has 0 aromatic carbocycles. The third-order valence-electron chi connectivity index (χ3n) is 2.81. The minimum atomic E-state index is -0.622. The summed E-state index contributed by atoms with van der Waals surface area (Å²) in [6, 6.07) is 1.23. The Labute approximate surface area is 93.6 Å². The molecule has 1 aliphatic rings. The van der Waals surface area contributed by atoms with Crippen LogP contribution >= 0.6 is 0 Å². The molecule has 0 aliphatic heterocycles. The number of carbonyl (C=O) groups is 1. The maximum atomic E-state index is 13.2. The van der Waals surface area contributed by atoms with E-state index in [1.54, 1.807) is 0 Å². The number of ether oxygens (including phenoxy) is 1. The Kier molecular flexibility index (Phi) is 3.49. The average Bonchev–Trinajstić information content (AvgIpc) is 2.31. The third-order valence-corrected chi connectivity index (χ3v) is 2.81. The Morgan fingerprint density at radius 2 is 2.12 bits per heavy atom. The zero-order chi connectivity index (χ0) is 11.4. The summed E-state index contributed by atoms with van der Waals surface area (Å²) in [4.78, 5) is 14.1. The summed E-state index contributed by atoms with van der Waals surface area (Å²) in [6.07, 6.45) is 7.56. The second-order valence-electron chi connectivity index (χ2n) is 4.03. The zero-order valence-corrected chi connectivity index (χ0v) is 8.99. The maximum Gasteiger partial charge on any atom is 0.171 e. The lowest BCUT2D eigenvalue weighted by Gasteiger charge is -2.22. The molecule has 16 heavy (non-hydrogen) atoms. The highest BCUT2D eigenvalue weighted by molar-refractivity contribution is 5.72. The van der Waals surface area contributed by atoms with Crippen molar-refractivity contribution >= 4 is 6.29 Å². The van der Waals surface area contributed by atoms with E-state index in [9.17, 15) is 9.18 Å². The lowest BCUT2D eigenvalue weighted by atomic mass is 9.98. The second-order valence-corrected chi connectivity index (χ2v) is 4.03. The highest BCUT2D eigenvalue weighted by Crippen LogP contribution is 2.23. The lowest BCUT2D eigenvalue weighted by molar-refractivity contribution is 0.111. The molecule has 4 heteroatoms. The van der Waals surface area contributed by atoms with Gasteiger partial charge in [0.25, 0.3) is 0 Å². The van der Waals surface area contributed by atoms with Crippen molar-refractivity contribution < 1.29 is 13.9 Å². The highest BCUT2D eigenvalue weighted by Gasteiger charge is 2.15. The van der Waals surface area contributed by atoms with Gasteiger partial charge >= 0.3 is 0 Å². The fourth-order valence-electron chi connectivity index (χ4n) is 1.96. The van der Waals surface area contributed by atoms with Crippen LogP contribution in [-0.2, 0) is 0 Å². The smallest absolute Gasteiger partial charge is 0.171 e. The molecule has 0 amide bonds. The van der Waals surface area contributed by atoms with E-state index in [2.05, 4.69) is 4.98 Å². The number of rotatable bonds is 3. The second kappa shape index (κ2) is 5.05. The standard InChI is InChI=1S/C12H14FNO2/c13-11-6-10(7-14-12(11)8-15)16-9-4-2-1-3-5-9/h6-9H,1-5H2. The predicted octanol–water partition coefficient (Wildman–Crippen LogP) is 2.74. The van der Waals surface area contributed by atoms with Crippen molar-refractivity contribution in [1.29, 1.82) is 0 Å². The Morgan fingerprint density at radius 3 is 2.75 bits per heavy atom. The van der Waals surface area contributed by atoms with E-state index >= 15 is 0 Å². The molecule has 0 atom stereocenters. The number of hydrogen-bond acceptors (Lipinski definition) is 3. The molecule has 1 aliphatic carbocycles. The number of aromatic nitrogens is 1. The van der Waals surface area contributed by atoms with Gasteiger partial charge in [0.05, 0.1) is 12.3 Å². The average molecular weight is 223 g/mol. The first-order valence-electron chi connectivity index (χ1n) is 5.57. The molecule has 1 aromatic rings. The topological polar surface area (TPSA) is 39.2 Å². The van der Waals surface area contributed by atoms with Gasteiger partial charge < -0.3 is 4.74 Å². The predicted molar refractivity (Wildman–Crippen MR) is 57.1 cm³/mol. The van der Waals surface area contributed by atoms with E-state index in [0.717, 1.165) is 25.7 Å². The first-order chi connectivity index (χ1) is 7.79. The molecule has 0 bridgehead atoms. The van der Waals surface area contributed by atoms with Gasteiger partial charge in [-0.1, -0.05) is 6.42 Å². The largest absolute Gasteiger partial charge is 0.489 e. The minimum absolute atomic E-state index is 0.164. The van der Waals surface area contributed by atoms with Crippen LogP contribution in [-0.4, -0.2) is 17.4 Å². The number of nitrogens with zero attached hydrogens (tertiary/aromatic N) is 1. The molecule has 0 saturated heterocycles. The number of aldehydes is 1. The molecule has 1 fully saturated rings. The van der Waals surface area contributed by atoms with Crippen molar-refractivity contribution in [3.8, 4) is 5.75 Å². The van der Waals surface area contributed by atoms with Gasteiger partial charge in [-0.05, 0) is 25.7 Å². The van der Waals surface area contributed by atoms with Crippen molar-refractivity contribution in [2.45, 2.75) is 38.2 Å². The Balaban J connectivity index is 2.03. The van der Waals surface area contributed by atoms with Crippen LogP contribution in [0.4, 0.5) is 4.39 Å². The molecule has 0 spiro atoms. The monoisotopic (exact) mass is 223 g/mol. The molecule has 1 aromatic heterocycles. The van der Waals surface area contributed by atoms with Crippen LogP contribution in [0.2, 0.25) is 0 Å². The molecule has 1 heterocycles. The van der Waals surface area contributed by atoms with Crippen LogP contribution in [0.25, 0.3) is 0 Å². The molecule has 0 unspecified atom stereocenters. The van der Waals surface area contributed by atoms with E-state index < -0.39 is 5.82 Å². The lowest BCUT2D eigenvalue weighted by Crippen LogP contribution is -2.19. The van der Waals surface area contributed by atoms with E-state index in [0.29, 0.717) is 12.0 Å². The van der Waals surface area contributed by atoms with Crippen LogP contribution < -0.4 is 4.74 Å². The maximum absolute atomic E-state index is 13.2. The molecular weight excluding hydrogens is 209 g/mol. The quantitative estimate of drug-likeness (QED) is 0.739. The molecule has 86 valence electrons. The summed E-state index contributed by atoms with van der Waals surface area (Å²) in [7, 11) is 0. The van der Waals surface area contributed by atoms with Crippen molar-refractivity contribution in [3.05, 3.63) is 23.8 Å². The summed E-state index contributed by atoms with van der Waals surface area (Å²) in [5.41, 5.74) is -0.170. The van der Waals surface area contributed by atoms with Crippen LogP contribution in [0.15, 0.2) is 12.3 Å². The van der Waals surface area contributed by atoms with Crippen molar-refractivity contribution in [1.82, 2.24) is 4.98 Å². The normalized spacial score (nSPS) is 17.1. The molecule has 3 nitrogen and oxygen atoms in total. The van der Waals surface area contributed by atoms with Crippen LogP contribution in [0, 0.1) is 5.82 Å². The van der Waals surface area contributed by atoms with Gasteiger partial charge in [-0.3, -0.25) is 4.79 Å². The molecule has 2 rings (SSSR count). The van der Waals surface area contributed by atoms with Gasteiger partial charge in [0.2, 0.25) is 0 Å². The summed E-state index contributed by atoms with van der Waals surface area (Å²) < 4.78 is 18.8. The van der Waals surface area contributed by atoms with Crippen molar-refractivity contribution in [2.24, 2.45) is 0 Å². The molecule has 0 radical (unpaired) electrons. The Hall–Kier alpha value is -1.45. The summed E-state index contributed by atoms with van der Waals surface area (Å²) in [5, 5.41) is 0. The first kappa shape index (κ1) is 11.0. The third kappa shape index (κ3) is 2.56. The van der Waals surface area contributed by atoms with Crippen LogP contribution in [0.3, 0.4) is 0 Å². The van der Waals surface area contributed by atoms with E-state index in [-0.39, 0.29) is 11.8 Å². The van der Waals surface area contributed by atoms with E-state index in [1.165, 1.54) is 18.7 Å². The summed E-state index contributed by atoms with van der Waals surface area (Å²) in [6.45, 7) is 0. The fourth-order valence-corrected chi connectivity index (χ4v) is 1.96. The molecular formula is C12H14FNO2. The van der Waals surface area contributed by atoms with Crippen molar-refractivity contribution in [3.63, 3.8) is 0 Å².